The number of nitrogens with one attached hydrogen (secondary N) is 1. The van der Waals surface area contributed by atoms with Crippen molar-refractivity contribution in [3.8, 4) is 0 Å². The maximum atomic E-state index is 5.43. The zero-order valence-corrected chi connectivity index (χ0v) is 11.0. The molecule has 0 amide bonds. The highest BCUT2D eigenvalue weighted by molar-refractivity contribution is 4.92. The third-order valence-corrected chi connectivity index (χ3v) is 2.38. The van der Waals surface area contributed by atoms with Crippen LogP contribution in [0.4, 0.5) is 0 Å². The van der Waals surface area contributed by atoms with Crippen molar-refractivity contribution in [1.29, 1.82) is 0 Å². The molecule has 0 aliphatic heterocycles. The van der Waals surface area contributed by atoms with Gasteiger partial charge in [-0.1, -0.05) is 13.8 Å². The molecule has 0 radical (unpaired) electrons. The van der Waals surface area contributed by atoms with Crippen LogP contribution in [0.15, 0.2) is 12.4 Å². The highest BCUT2D eigenvalue weighted by Gasteiger charge is 2.03. The van der Waals surface area contributed by atoms with Crippen molar-refractivity contribution in [2.45, 2.75) is 33.0 Å². The van der Waals surface area contributed by atoms with Crippen molar-refractivity contribution in [3.63, 3.8) is 0 Å². The molecule has 0 aromatic carbocycles. The van der Waals surface area contributed by atoms with Crippen LogP contribution in [0.3, 0.4) is 0 Å². The Morgan fingerprint density at radius 2 is 2.18 bits per heavy atom. The van der Waals surface area contributed by atoms with Crippen molar-refractivity contribution < 1.29 is 9.47 Å². The standard InChI is InChI=1S/C12H23N3O2/c1-11(2)14-10-12-13-4-5-15(12)6-7-17-9-8-16-3/h4-5,11,14H,6-10H2,1-3H3. The van der Waals surface area contributed by atoms with Crippen LogP contribution >= 0.6 is 0 Å². The number of hydrogen-bond donors (Lipinski definition) is 1. The average molecular weight is 241 g/mol. The van der Waals surface area contributed by atoms with E-state index >= 15 is 0 Å². The summed E-state index contributed by atoms with van der Waals surface area (Å²) in [6.07, 6.45) is 3.81. The Balaban J connectivity index is 2.25. The molecule has 0 atom stereocenters. The molecule has 0 aliphatic carbocycles. The maximum Gasteiger partial charge on any atom is 0.122 e. The van der Waals surface area contributed by atoms with Gasteiger partial charge in [0.05, 0.1) is 26.4 Å². The zero-order chi connectivity index (χ0) is 12.5. The first kappa shape index (κ1) is 14.2. The Bertz CT molecular complexity index is 300. The molecule has 5 heteroatoms. The summed E-state index contributed by atoms with van der Waals surface area (Å²) in [5.74, 6) is 1.05. The van der Waals surface area contributed by atoms with Crippen molar-refractivity contribution in [2.75, 3.05) is 26.9 Å². The lowest BCUT2D eigenvalue weighted by molar-refractivity contribution is 0.0663. The lowest BCUT2D eigenvalue weighted by Gasteiger charge is -2.11. The summed E-state index contributed by atoms with van der Waals surface area (Å²) < 4.78 is 12.5. The second kappa shape index (κ2) is 8.22. The quantitative estimate of drug-likeness (QED) is 0.656. The van der Waals surface area contributed by atoms with Gasteiger partial charge in [-0.2, -0.15) is 0 Å². The molecule has 17 heavy (non-hydrogen) atoms. The largest absolute Gasteiger partial charge is 0.382 e. The van der Waals surface area contributed by atoms with Crippen LogP contribution in [-0.4, -0.2) is 42.5 Å². The predicted molar refractivity (Wildman–Crippen MR) is 66.9 cm³/mol. The fourth-order valence-corrected chi connectivity index (χ4v) is 1.41. The molecule has 0 saturated heterocycles. The van der Waals surface area contributed by atoms with Crippen LogP contribution in [0.25, 0.3) is 0 Å². The first-order valence-corrected chi connectivity index (χ1v) is 6.04. The molecule has 0 unspecified atom stereocenters. The summed E-state index contributed by atoms with van der Waals surface area (Å²) in [6, 6.07) is 0.470. The minimum atomic E-state index is 0.470. The van der Waals surface area contributed by atoms with E-state index in [9.17, 15) is 0 Å². The molecule has 5 nitrogen and oxygen atoms in total. The van der Waals surface area contributed by atoms with Crippen LogP contribution in [-0.2, 0) is 22.6 Å². The van der Waals surface area contributed by atoms with Gasteiger partial charge < -0.3 is 19.4 Å². The van der Waals surface area contributed by atoms with E-state index in [4.69, 9.17) is 9.47 Å². The van der Waals surface area contributed by atoms with E-state index in [1.165, 1.54) is 0 Å². The second-order valence-electron chi connectivity index (χ2n) is 4.18. The Morgan fingerprint density at radius 3 is 2.88 bits per heavy atom. The van der Waals surface area contributed by atoms with Gasteiger partial charge in [0.25, 0.3) is 0 Å². The molecule has 98 valence electrons. The van der Waals surface area contributed by atoms with Gasteiger partial charge in [0.1, 0.15) is 5.82 Å². The van der Waals surface area contributed by atoms with Gasteiger partial charge in [-0.05, 0) is 0 Å². The normalized spacial score (nSPS) is 11.3. The van der Waals surface area contributed by atoms with Gasteiger partial charge in [0.15, 0.2) is 0 Å². The molecule has 0 fully saturated rings. The minimum Gasteiger partial charge on any atom is -0.382 e. The highest BCUT2D eigenvalue weighted by Crippen LogP contribution is 1.98. The Hall–Kier alpha value is -0.910. The zero-order valence-electron chi connectivity index (χ0n) is 11.0. The number of nitrogens with zero attached hydrogens (tertiary/aromatic N) is 2. The monoisotopic (exact) mass is 241 g/mol. The second-order valence-corrected chi connectivity index (χ2v) is 4.18. The number of ether oxygens (including phenoxy) is 2. The van der Waals surface area contributed by atoms with Gasteiger partial charge in [0, 0.05) is 32.1 Å². The molecule has 1 aromatic heterocycles. The minimum absolute atomic E-state index is 0.470. The number of methoxy groups -OCH3 is 1. The summed E-state index contributed by atoms with van der Waals surface area (Å²) in [4.78, 5) is 4.32. The smallest absolute Gasteiger partial charge is 0.122 e. The Labute approximate surface area is 103 Å². The Kier molecular flexibility index (Phi) is 6.84. The van der Waals surface area contributed by atoms with E-state index in [0.717, 1.165) is 18.9 Å². The van der Waals surface area contributed by atoms with E-state index < -0.39 is 0 Å². The Morgan fingerprint density at radius 1 is 1.35 bits per heavy atom. The third kappa shape index (κ3) is 5.81. The van der Waals surface area contributed by atoms with E-state index in [1.807, 2.05) is 12.4 Å². The van der Waals surface area contributed by atoms with Gasteiger partial charge in [0.2, 0.25) is 0 Å². The van der Waals surface area contributed by atoms with Crippen molar-refractivity contribution in [1.82, 2.24) is 14.9 Å². The lowest BCUT2D eigenvalue weighted by Crippen LogP contribution is -2.24. The van der Waals surface area contributed by atoms with Crippen molar-refractivity contribution in [2.24, 2.45) is 0 Å². The van der Waals surface area contributed by atoms with E-state index in [2.05, 4.69) is 28.7 Å². The first-order chi connectivity index (χ1) is 8.24. The van der Waals surface area contributed by atoms with Crippen molar-refractivity contribution in [3.05, 3.63) is 18.2 Å². The highest BCUT2D eigenvalue weighted by atomic mass is 16.5. The van der Waals surface area contributed by atoms with Gasteiger partial charge in [-0.15, -0.1) is 0 Å². The number of rotatable bonds is 9. The summed E-state index contributed by atoms with van der Waals surface area (Å²) in [5.41, 5.74) is 0. The molecule has 0 bridgehead atoms. The predicted octanol–water partition coefficient (Wildman–Crippen LogP) is 1.04. The molecule has 0 saturated carbocycles. The van der Waals surface area contributed by atoms with E-state index in [1.54, 1.807) is 7.11 Å². The van der Waals surface area contributed by atoms with Crippen LogP contribution in [0.1, 0.15) is 19.7 Å². The number of imidazole rings is 1. The average Bonchev–Trinajstić information content (AvgIpc) is 2.73. The van der Waals surface area contributed by atoms with E-state index in [0.29, 0.717) is 25.9 Å². The summed E-state index contributed by atoms with van der Waals surface area (Å²) in [5, 5.41) is 3.35. The summed E-state index contributed by atoms with van der Waals surface area (Å²) in [6.45, 7) is 7.86. The number of hydrogen-bond acceptors (Lipinski definition) is 4. The van der Waals surface area contributed by atoms with Crippen LogP contribution in [0, 0.1) is 0 Å². The van der Waals surface area contributed by atoms with Gasteiger partial charge in [-0.3, -0.25) is 0 Å². The molecule has 1 aromatic rings. The van der Waals surface area contributed by atoms with Crippen LogP contribution < -0.4 is 5.32 Å². The van der Waals surface area contributed by atoms with Crippen molar-refractivity contribution >= 4 is 0 Å². The fourth-order valence-electron chi connectivity index (χ4n) is 1.41. The summed E-state index contributed by atoms with van der Waals surface area (Å²) in [7, 11) is 1.68. The maximum absolute atomic E-state index is 5.43. The number of aromatic nitrogens is 2. The summed E-state index contributed by atoms with van der Waals surface area (Å²) >= 11 is 0. The molecular formula is C12H23N3O2. The molecule has 1 heterocycles. The fraction of sp³-hybridized carbons (Fsp3) is 0.750. The topological polar surface area (TPSA) is 48.3 Å². The first-order valence-electron chi connectivity index (χ1n) is 6.04. The van der Waals surface area contributed by atoms with E-state index in [-0.39, 0.29) is 0 Å². The molecular weight excluding hydrogens is 218 g/mol. The molecule has 0 spiro atoms. The molecule has 0 aliphatic rings. The molecule has 1 N–H and O–H groups in total. The SMILES string of the molecule is COCCOCCn1ccnc1CNC(C)C. The molecule has 1 rings (SSSR count). The van der Waals surface area contributed by atoms with Crippen LogP contribution in [0.5, 0.6) is 0 Å². The third-order valence-electron chi connectivity index (χ3n) is 2.38. The van der Waals surface area contributed by atoms with Gasteiger partial charge >= 0.3 is 0 Å². The lowest BCUT2D eigenvalue weighted by atomic mass is 10.4. The van der Waals surface area contributed by atoms with Crippen LogP contribution in [0.2, 0.25) is 0 Å². The van der Waals surface area contributed by atoms with Gasteiger partial charge in [-0.25, -0.2) is 4.98 Å².